The minimum Gasteiger partial charge on any atom is -0.508 e. The number of rotatable bonds is 2. The Balaban J connectivity index is 3.01. The standard InChI is InChI=1S/C9H14N2O/c1-6-2-3-7(8(11)5-10)9(12)4-6/h2-4,8,12H,5,10-11H2,1H3/t8-/m0/s1. The van der Waals surface area contributed by atoms with Gasteiger partial charge in [-0.1, -0.05) is 12.1 Å². The summed E-state index contributed by atoms with van der Waals surface area (Å²) in [5.41, 5.74) is 12.8. The number of aromatic hydroxyl groups is 1. The van der Waals surface area contributed by atoms with E-state index in [9.17, 15) is 5.11 Å². The van der Waals surface area contributed by atoms with Crippen LogP contribution in [0.1, 0.15) is 17.2 Å². The summed E-state index contributed by atoms with van der Waals surface area (Å²) in [5, 5.41) is 9.46. The second-order valence-corrected chi connectivity index (χ2v) is 2.90. The van der Waals surface area contributed by atoms with Gasteiger partial charge in [0.2, 0.25) is 0 Å². The molecule has 1 aromatic rings. The van der Waals surface area contributed by atoms with Crippen LogP contribution in [0.5, 0.6) is 5.75 Å². The van der Waals surface area contributed by atoms with Crippen LogP contribution in [-0.4, -0.2) is 11.7 Å². The lowest BCUT2D eigenvalue weighted by Gasteiger charge is -2.11. The average Bonchev–Trinajstić information content (AvgIpc) is 2.03. The molecule has 3 nitrogen and oxygen atoms in total. The number of benzene rings is 1. The van der Waals surface area contributed by atoms with Gasteiger partial charge in [-0.05, 0) is 18.6 Å². The summed E-state index contributed by atoms with van der Waals surface area (Å²) in [6.07, 6.45) is 0. The maximum absolute atomic E-state index is 9.46. The molecule has 0 spiro atoms. The molecule has 0 heterocycles. The van der Waals surface area contributed by atoms with Crippen molar-refractivity contribution in [1.29, 1.82) is 0 Å². The van der Waals surface area contributed by atoms with E-state index in [1.807, 2.05) is 19.1 Å². The lowest BCUT2D eigenvalue weighted by Crippen LogP contribution is -2.20. The van der Waals surface area contributed by atoms with E-state index in [-0.39, 0.29) is 11.8 Å². The number of hydrogen-bond acceptors (Lipinski definition) is 3. The highest BCUT2D eigenvalue weighted by Crippen LogP contribution is 2.22. The van der Waals surface area contributed by atoms with Crippen molar-refractivity contribution in [2.75, 3.05) is 6.54 Å². The van der Waals surface area contributed by atoms with Crippen molar-refractivity contribution in [3.8, 4) is 5.75 Å². The molecule has 0 saturated carbocycles. The first-order valence-electron chi connectivity index (χ1n) is 3.90. The summed E-state index contributed by atoms with van der Waals surface area (Å²) in [4.78, 5) is 0. The van der Waals surface area contributed by atoms with Gasteiger partial charge in [0, 0.05) is 18.2 Å². The Hall–Kier alpha value is -1.06. The molecule has 1 aromatic carbocycles. The zero-order valence-corrected chi connectivity index (χ0v) is 7.12. The quantitative estimate of drug-likeness (QED) is 0.604. The van der Waals surface area contributed by atoms with E-state index in [4.69, 9.17) is 11.5 Å². The van der Waals surface area contributed by atoms with Crippen molar-refractivity contribution in [2.24, 2.45) is 11.5 Å². The van der Waals surface area contributed by atoms with Crippen molar-refractivity contribution in [3.05, 3.63) is 29.3 Å². The van der Waals surface area contributed by atoms with Crippen LogP contribution < -0.4 is 11.5 Å². The first-order valence-corrected chi connectivity index (χ1v) is 3.90. The van der Waals surface area contributed by atoms with Gasteiger partial charge in [-0.3, -0.25) is 0 Å². The van der Waals surface area contributed by atoms with Gasteiger partial charge < -0.3 is 16.6 Å². The smallest absolute Gasteiger partial charge is 0.120 e. The van der Waals surface area contributed by atoms with Crippen molar-refractivity contribution < 1.29 is 5.11 Å². The summed E-state index contributed by atoms with van der Waals surface area (Å²) in [7, 11) is 0. The molecule has 0 saturated heterocycles. The van der Waals surface area contributed by atoms with Crippen LogP contribution in [0.2, 0.25) is 0 Å². The number of phenolic OH excluding ortho intramolecular Hbond substituents is 1. The Morgan fingerprint density at radius 3 is 2.67 bits per heavy atom. The molecule has 1 atom stereocenters. The predicted molar refractivity (Wildman–Crippen MR) is 48.8 cm³/mol. The molecule has 0 aliphatic carbocycles. The monoisotopic (exact) mass is 166 g/mol. The molecule has 1 rings (SSSR count). The molecule has 0 aromatic heterocycles. The number of phenols is 1. The molecule has 0 fully saturated rings. The van der Waals surface area contributed by atoms with Gasteiger partial charge in [0.15, 0.2) is 0 Å². The van der Waals surface area contributed by atoms with Crippen LogP contribution in [0.3, 0.4) is 0 Å². The SMILES string of the molecule is Cc1ccc([C@@H](N)CN)c(O)c1. The van der Waals surface area contributed by atoms with Crippen LogP contribution >= 0.6 is 0 Å². The van der Waals surface area contributed by atoms with E-state index >= 15 is 0 Å². The first-order chi connectivity index (χ1) is 5.65. The fourth-order valence-electron chi connectivity index (χ4n) is 1.09. The van der Waals surface area contributed by atoms with E-state index < -0.39 is 0 Å². The topological polar surface area (TPSA) is 72.3 Å². The molecule has 0 bridgehead atoms. The molecule has 0 aliphatic heterocycles. The van der Waals surface area contributed by atoms with Crippen LogP contribution in [0, 0.1) is 6.92 Å². The second kappa shape index (κ2) is 3.56. The van der Waals surface area contributed by atoms with Crippen LogP contribution in [0.25, 0.3) is 0 Å². The Kier molecular flexibility index (Phi) is 2.68. The highest BCUT2D eigenvalue weighted by atomic mass is 16.3. The lowest BCUT2D eigenvalue weighted by molar-refractivity contribution is 0.461. The molecule has 3 heteroatoms. The molecule has 5 N–H and O–H groups in total. The van der Waals surface area contributed by atoms with Gasteiger partial charge in [0.25, 0.3) is 0 Å². The first kappa shape index (κ1) is 9.03. The normalized spacial score (nSPS) is 12.9. The average molecular weight is 166 g/mol. The Morgan fingerprint density at radius 1 is 1.50 bits per heavy atom. The van der Waals surface area contributed by atoms with E-state index in [2.05, 4.69) is 0 Å². The zero-order valence-electron chi connectivity index (χ0n) is 7.12. The minimum atomic E-state index is -0.273. The largest absolute Gasteiger partial charge is 0.508 e. The summed E-state index contributed by atoms with van der Waals surface area (Å²) >= 11 is 0. The van der Waals surface area contributed by atoms with Gasteiger partial charge in [-0.15, -0.1) is 0 Å². The molecule has 0 aliphatic rings. The third-order valence-electron chi connectivity index (χ3n) is 1.84. The van der Waals surface area contributed by atoms with Crippen LogP contribution in [-0.2, 0) is 0 Å². The predicted octanol–water partition coefficient (Wildman–Crippen LogP) is 0.659. The molecule has 0 radical (unpaired) electrons. The summed E-state index contributed by atoms with van der Waals surface area (Å²) in [5.74, 6) is 0.230. The van der Waals surface area contributed by atoms with Crippen LogP contribution in [0.15, 0.2) is 18.2 Å². The minimum absolute atomic E-state index is 0.230. The van der Waals surface area contributed by atoms with Gasteiger partial charge in [0.05, 0.1) is 0 Å². The van der Waals surface area contributed by atoms with E-state index in [0.717, 1.165) is 5.56 Å². The number of aryl methyl sites for hydroxylation is 1. The summed E-state index contributed by atoms with van der Waals surface area (Å²) < 4.78 is 0. The third-order valence-corrected chi connectivity index (χ3v) is 1.84. The van der Waals surface area contributed by atoms with Crippen molar-refractivity contribution in [2.45, 2.75) is 13.0 Å². The number of nitrogens with two attached hydrogens (primary N) is 2. The van der Waals surface area contributed by atoms with Gasteiger partial charge in [0.1, 0.15) is 5.75 Å². The molecular weight excluding hydrogens is 152 g/mol. The van der Waals surface area contributed by atoms with Crippen LogP contribution in [0.4, 0.5) is 0 Å². The zero-order chi connectivity index (χ0) is 9.14. The Labute approximate surface area is 72.0 Å². The van der Waals surface area contributed by atoms with Crippen molar-refractivity contribution in [1.82, 2.24) is 0 Å². The summed E-state index contributed by atoms with van der Waals surface area (Å²) in [6, 6.07) is 5.13. The fraction of sp³-hybridized carbons (Fsp3) is 0.333. The second-order valence-electron chi connectivity index (χ2n) is 2.90. The molecule has 12 heavy (non-hydrogen) atoms. The lowest BCUT2D eigenvalue weighted by atomic mass is 10.0. The highest BCUT2D eigenvalue weighted by Gasteiger charge is 2.07. The fourth-order valence-corrected chi connectivity index (χ4v) is 1.09. The van der Waals surface area contributed by atoms with E-state index in [1.54, 1.807) is 6.07 Å². The van der Waals surface area contributed by atoms with E-state index in [0.29, 0.717) is 12.1 Å². The van der Waals surface area contributed by atoms with E-state index in [1.165, 1.54) is 0 Å². The maximum Gasteiger partial charge on any atom is 0.120 e. The van der Waals surface area contributed by atoms with Crippen molar-refractivity contribution in [3.63, 3.8) is 0 Å². The van der Waals surface area contributed by atoms with Gasteiger partial charge in [-0.2, -0.15) is 0 Å². The Bertz CT molecular complexity index is 273. The number of hydrogen-bond donors (Lipinski definition) is 3. The molecular formula is C9H14N2O. The molecule has 0 unspecified atom stereocenters. The summed E-state index contributed by atoms with van der Waals surface area (Å²) in [6.45, 7) is 2.26. The van der Waals surface area contributed by atoms with Gasteiger partial charge in [-0.25, -0.2) is 0 Å². The van der Waals surface area contributed by atoms with Crippen molar-refractivity contribution >= 4 is 0 Å². The highest BCUT2D eigenvalue weighted by molar-refractivity contribution is 5.37. The Morgan fingerprint density at radius 2 is 2.17 bits per heavy atom. The molecule has 0 amide bonds. The maximum atomic E-state index is 9.46. The third kappa shape index (κ3) is 1.75. The van der Waals surface area contributed by atoms with Gasteiger partial charge >= 0.3 is 0 Å². The molecule has 66 valence electrons.